The molecule has 0 aliphatic heterocycles. The Morgan fingerprint density at radius 3 is 2.39 bits per heavy atom. The summed E-state index contributed by atoms with van der Waals surface area (Å²) in [5.41, 5.74) is 2.48. The fourth-order valence-electron chi connectivity index (χ4n) is 3.16. The van der Waals surface area contributed by atoms with Crippen LogP contribution >= 0.6 is 0 Å². The topological polar surface area (TPSA) is 88.4 Å². The van der Waals surface area contributed by atoms with Crippen LogP contribution in [0.15, 0.2) is 66.3 Å². The lowest BCUT2D eigenvalue weighted by molar-refractivity contribution is -0.151. The summed E-state index contributed by atoms with van der Waals surface area (Å²) in [6, 6.07) is 16.3. The Bertz CT molecular complexity index is 845. The predicted molar refractivity (Wildman–Crippen MR) is 105 cm³/mol. The highest BCUT2D eigenvalue weighted by Crippen LogP contribution is 2.23. The number of carbonyl (C=O) groups excluding carboxylic acids is 1. The lowest BCUT2D eigenvalue weighted by atomic mass is 9.97. The van der Waals surface area contributed by atoms with Gasteiger partial charge < -0.3 is 19.8 Å². The lowest BCUT2D eigenvalue weighted by Gasteiger charge is -2.13. The highest BCUT2D eigenvalue weighted by atomic mass is 16.6. The number of allylic oxidation sites excluding steroid dienone is 1. The predicted octanol–water partition coefficient (Wildman–Crippen LogP) is 3.41. The quantitative estimate of drug-likeness (QED) is 0.332. The summed E-state index contributed by atoms with van der Waals surface area (Å²) in [5, 5.41) is 22.3. The third-order valence-electron chi connectivity index (χ3n) is 4.65. The number of oxime groups is 1. The molecule has 2 N–H and O–H groups in total. The van der Waals surface area contributed by atoms with Crippen LogP contribution in [0, 0.1) is 0 Å². The molecule has 0 saturated heterocycles. The van der Waals surface area contributed by atoms with Crippen molar-refractivity contribution < 1.29 is 24.6 Å². The number of hydrogen-bond acceptors (Lipinski definition) is 6. The number of carbonyl (C=O) groups is 1. The zero-order valence-electron chi connectivity index (χ0n) is 15.5. The summed E-state index contributed by atoms with van der Waals surface area (Å²) in [7, 11) is 0. The molecular weight excluding hydrogens is 358 g/mol. The van der Waals surface area contributed by atoms with Crippen LogP contribution in [0.25, 0.3) is 5.57 Å². The third kappa shape index (κ3) is 4.98. The van der Waals surface area contributed by atoms with Crippen LogP contribution in [0.3, 0.4) is 0 Å². The van der Waals surface area contributed by atoms with E-state index >= 15 is 0 Å². The largest absolute Gasteiger partial charge is 0.482 e. The molecule has 1 aliphatic rings. The fraction of sp³-hybridized carbons (Fsp3) is 0.273. The molecule has 1 aliphatic carbocycles. The molecule has 0 bridgehead atoms. The van der Waals surface area contributed by atoms with E-state index in [2.05, 4.69) is 11.7 Å². The highest BCUT2D eigenvalue weighted by Gasteiger charge is 2.26. The second-order valence-electron chi connectivity index (χ2n) is 6.68. The maximum Gasteiger partial charge on any atom is 0.344 e. The molecule has 0 unspecified atom stereocenters. The van der Waals surface area contributed by atoms with Gasteiger partial charge >= 0.3 is 5.97 Å². The minimum absolute atomic E-state index is 0.205. The Morgan fingerprint density at radius 1 is 1.07 bits per heavy atom. The van der Waals surface area contributed by atoms with Crippen molar-refractivity contribution >= 4 is 17.3 Å². The van der Waals surface area contributed by atoms with Crippen molar-refractivity contribution in [2.45, 2.75) is 31.5 Å². The van der Waals surface area contributed by atoms with Crippen LogP contribution in [0.1, 0.15) is 30.4 Å². The third-order valence-corrected chi connectivity index (χ3v) is 4.65. The van der Waals surface area contributed by atoms with E-state index in [1.165, 1.54) is 0 Å². The van der Waals surface area contributed by atoms with Gasteiger partial charge in [0.05, 0.1) is 6.10 Å². The molecule has 2 aromatic carbocycles. The van der Waals surface area contributed by atoms with Gasteiger partial charge in [-0.15, -0.1) is 0 Å². The first-order valence-electron chi connectivity index (χ1n) is 9.14. The zero-order valence-corrected chi connectivity index (χ0v) is 15.5. The van der Waals surface area contributed by atoms with Crippen LogP contribution < -0.4 is 4.74 Å². The van der Waals surface area contributed by atoms with Crippen molar-refractivity contribution in [2.24, 2.45) is 5.16 Å². The van der Waals surface area contributed by atoms with Crippen LogP contribution in [0.4, 0.5) is 0 Å². The standard InChI is InChI=1S/C22H23NO5/c1-15(16-5-3-2-4-6-16)22(23-26)17-7-10-19(11-8-17)27-14-21(25)28-20-12-9-18(24)13-20/h2-8,10-11,18,20,24,26H,1,9,12-14H2/b23-22-/t18-,20-/m1/s1. The van der Waals surface area contributed by atoms with Gasteiger partial charge in [-0.3, -0.25) is 0 Å². The second kappa shape index (κ2) is 9.19. The van der Waals surface area contributed by atoms with E-state index in [0.29, 0.717) is 41.9 Å². The molecule has 146 valence electrons. The van der Waals surface area contributed by atoms with E-state index < -0.39 is 5.97 Å². The summed E-state index contributed by atoms with van der Waals surface area (Å²) in [6.07, 6.45) is 1.19. The van der Waals surface area contributed by atoms with Gasteiger partial charge in [-0.2, -0.15) is 0 Å². The minimum atomic E-state index is -0.460. The fourth-order valence-corrected chi connectivity index (χ4v) is 3.16. The van der Waals surface area contributed by atoms with Crippen molar-refractivity contribution in [3.05, 3.63) is 72.3 Å². The van der Waals surface area contributed by atoms with Gasteiger partial charge in [0.25, 0.3) is 0 Å². The average Bonchev–Trinajstić information content (AvgIpc) is 3.13. The van der Waals surface area contributed by atoms with Crippen molar-refractivity contribution in [1.29, 1.82) is 0 Å². The smallest absolute Gasteiger partial charge is 0.344 e. The molecule has 0 aromatic heterocycles. The van der Waals surface area contributed by atoms with Crippen LogP contribution in [0.5, 0.6) is 5.75 Å². The maximum atomic E-state index is 11.9. The molecule has 0 amide bonds. The molecule has 6 heteroatoms. The van der Waals surface area contributed by atoms with E-state index in [9.17, 15) is 15.1 Å². The second-order valence-corrected chi connectivity index (χ2v) is 6.68. The van der Waals surface area contributed by atoms with Gasteiger partial charge in [0.15, 0.2) is 6.61 Å². The van der Waals surface area contributed by atoms with Gasteiger partial charge in [0.1, 0.15) is 17.6 Å². The molecule has 3 rings (SSSR count). The molecule has 6 nitrogen and oxygen atoms in total. The summed E-state index contributed by atoms with van der Waals surface area (Å²) in [5.74, 6) is 0.0352. The number of benzene rings is 2. The van der Waals surface area contributed by atoms with Crippen LogP contribution in [0.2, 0.25) is 0 Å². The van der Waals surface area contributed by atoms with E-state index in [0.717, 1.165) is 5.56 Å². The summed E-state index contributed by atoms with van der Waals surface area (Å²) < 4.78 is 10.7. The monoisotopic (exact) mass is 381 g/mol. The zero-order chi connectivity index (χ0) is 19.9. The number of aliphatic hydroxyl groups excluding tert-OH is 1. The van der Waals surface area contributed by atoms with Crippen molar-refractivity contribution in [1.82, 2.24) is 0 Å². The number of rotatable bonds is 7. The first-order valence-corrected chi connectivity index (χ1v) is 9.14. The Labute approximate surface area is 163 Å². The summed E-state index contributed by atoms with van der Waals surface area (Å²) in [6.45, 7) is 3.80. The number of hydrogen-bond donors (Lipinski definition) is 2. The van der Waals surface area contributed by atoms with Gasteiger partial charge in [0, 0.05) is 17.6 Å². The Balaban J connectivity index is 1.56. The first-order chi connectivity index (χ1) is 13.6. The molecule has 1 saturated carbocycles. The SMILES string of the molecule is C=C(/C(=N/O)c1ccc(OCC(=O)O[C@@H]2CC[C@@H](O)C2)cc1)c1ccccc1. The Morgan fingerprint density at radius 2 is 1.79 bits per heavy atom. The van der Waals surface area contributed by atoms with E-state index in [4.69, 9.17) is 9.47 Å². The summed E-state index contributed by atoms with van der Waals surface area (Å²) in [4.78, 5) is 11.9. The molecule has 2 aromatic rings. The Hall–Kier alpha value is -3.12. The number of ether oxygens (including phenoxy) is 2. The van der Waals surface area contributed by atoms with Gasteiger partial charge in [0.2, 0.25) is 0 Å². The molecule has 0 spiro atoms. The van der Waals surface area contributed by atoms with Gasteiger partial charge in [-0.05, 0) is 42.7 Å². The van der Waals surface area contributed by atoms with Crippen molar-refractivity contribution in [3.8, 4) is 5.75 Å². The van der Waals surface area contributed by atoms with Crippen LogP contribution in [-0.4, -0.2) is 40.8 Å². The molecule has 2 atom stereocenters. The minimum Gasteiger partial charge on any atom is -0.482 e. The molecule has 0 heterocycles. The number of aliphatic hydroxyl groups is 1. The van der Waals surface area contributed by atoms with Gasteiger partial charge in [-0.25, -0.2) is 4.79 Å². The molecule has 28 heavy (non-hydrogen) atoms. The molecular formula is C22H23NO5. The first kappa shape index (κ1) is 19.6. The Kier molecular flexibility index (Phi) is 6.45. The number of esters is 1. The van der Waals surface area contributed by atoms with Crippen molar-refractivity contribution in [2.75, 3.05) is 6.61 Å². The van der Waals surface area contributed by atoms with Crippen molar-refractivity contribution in [3.63, 3.8) is 0 Å². The van der Waals surface area contributed by atoms with Crippen LogP contribution in [-0.2, 0) is 9.53 Å². The number of nitrogens with zero attached hydrogens (tertiary/aromatic N) is 1. The van der Waals surface area contributed by atoms with E-state index in [-0.39, 0.29) is 18.8 Å². The van der Waals surface area contributed by atoms with E-state index in [1.807, 2.05) is 30.3 Å². The molecule has 1 fully saturated rings. The molecule has 0 radical (unpaired) electrons. The highest BCUT2D eigenvalue weighted by molar-refractivity contribution is 6.31. The van der Waals surface area contributed by atoms with Gasteiger partial charge in [-0.1, -0.05) is 42.1 Å². The normalized spacial score (nSPS) is 19.2. The van der Waals surface area contributed by atoms with E-state index in [1.54, 1.807) is 24.3 Å². The average molecular weight is 381 g/mol. The maximum absolute atomic E-state index is 11.9. The summed E-state index contributed by atoms with van der Waals surface area (Å²) >= 11 is 0. The lowest BCUT2D eigenvalue weighted by Crippen LogP contribution is -2.21.